The SMILES string of the molecule is CCN1CCC[C@@H](CN(C)Cc2cn3c(C)cccc3n2)[C@@H]1c1cnn(C)c1. The largest absolute Gasteiger partial charge is 0.304 e. The lowest BCUT2D eigenvalue weighted by molar-refractivity contribution is 0.0747. The molecule has 0 bridgehead atoms. The molecule has 0 unspecified atom stereocenters. The monoisotopic (exact) mass is 380 g/mol. The molecule has 2 atom stereocenters. The van der Waals surface area contributed by atoms with Crippen LogP contribution < -0.4 is 0 Å². The summed E-state index contributed by atoms with van der Waals surface area (Å²) in [5.74, 6) is 0.613. The van der Waals surface area contributed by atoms with Crippen molar-refractivity contribution >= 4 is 5.65 Å². The Morgan fingerprint density at radius 3 is 2.82 bits per heavy atom. The highest BCUT2D eigenvalue weighted by Gasteiger charge is 2.33. The molecule has 6 heteroatoms. The van der Waals surface area contributed by atoms with Crippen LogP contribution in [0.25, 0.3) is 5.65 Å². The van der Waals surface area contributed by atoms with Gasteiger partial charge in [0.25, 0.3) is 0 Å². The van der Waals surface area contributed by atoms with Crippen LogP contribution in [0.15, 0.2) is 36.8 Å². The topological polar surface area (TPSA) is 41.6 Å². The Labute approximate surface area is 167 Å². The molecule has 0 saturated carbocycles. The number of rotatable bonds is 6. The van der Waals surface area contributed by atoms with Gasteiger partial charge in [0.05, 0.1) is 11.9 Å². The smallest absolute Gasteiger partial charge is 0.137 e. The van der Waals surface area contributed by atoms with Gasteiger partial charge in [0.1, 0.15) is 5.65 Å². The molecule has 1 saturated heterocycles. The zero-order valence-corrected chi connectivity index (χ0v) is 17.5. The number of pyridine rings is 1. The van der Waals surface area contributed by atoms with Gasteiger partial charge in [0.2, 0.25) is 0 Å². The number of imidazole rings is 1. The van der Waals surface area contributed by atoms with E-state index in [1.165, 1.54) is 30.6 Å². The lowest BCUT2D eigenvalue weighted by Gasteiger charge is -2.42. The number of aryl methyl sites for hydroxylation is 2. The maximum absolute atomic E-state index is 4.82. The summed E-state index contributed by atoms with van der Waals surface area (Å²) >= 11 is 0. The van der Waals surface area contributed by atoms with Gasteiger partial charge in [-0.3, -0.25) is 9.58 Å². The lowest BCUT2D eigenvalue weighted by atomic mass is 9.85. The van der Waals surface area contributed by atoms with Gasteiger partial charge in [0.15, 0.2) is 0 Å². The third-order valence-electron chi connectivity index (χ3n) is 6.06. The summed E-state index contributed by atoms with van der Waals surface area (Å²) in [5, 5.41) is 4.44. The van der Waals surface area contributed by atoms with Gasteiger partial charge in [-0.2, -0.15) is 5.10 Å². The van der Waals surface area contributed by atoms with Crippen molar-refractivity contribution < 1.29 is 0 Å². The minimum Gasteiger partial charge on any atom is -0.304 e. The molecule has 0 aliphatic carbocycles. The van der Waals surface area contributed by atoms with Crippen molar-refractivity contribution in [3.63, 3.8) is 0 Å². The minimum atomic E-state index is 0.457. The fourth-order valence-electron chi connectivity index (χ4n) is 4.79. The van der Waals surface area contributed by atoms with Crippen LogP contribution in [0.3, 0.4) is 0 Å². The highest BCUT2D eigenvalue weighted by atomic mass is 15.3. The summed E-state index contributed by atoms with van der Waals surface area (Å²) in [5.41, 5.74) is 4.75. The van der Waals surface area contributed by atoms with E-state index in [-0.39, 0.29) is 0 Å². The molecule has 3 aromatic heterocycles. The molecule has 4 rings (SSSR count). The van der Waals surface area contributed by atoms with Crippen LogP contribution in [0, 0.1) is 12.8 Å². The lowest BCUT2D eigenvalue weighted by Crippen LogP contribution is -2.42. The number of hydrogen-bond donors (Lipinski definition) is 0. The van der Waals surface area contributed by atoms with Gasteiger partial charge in [0, 0.05) is 49.8 Å². The Balaban J connectivity index is 1.49. The van der Waals surface area contributed by atoms with Crippen molar-refractivity contribution in [1.82, 2.24) is 29.0 Å². The van der Waals surface area contributed by atoms with Crippen molar-refractivity contribution in [2.45, 2.75) is 39.3 Å². The summed E-state index contributed by atoms with van der Waals surface area (Å²) in [6.45, 7) is 8.62. The van der Waals surface area contributed by atoms with Crippen LogP contribution in [0.1, 0.15) is 42.8 Å². The van der Waals surface area contributed by atoms with E-state index in [9.17, 15) is 0 Å². The third kappa shape index (κ3) is 3.84. The molecule has 0 amide bonds. The predicted octanol–water partition coefficient (Wildman–Crippen LogP) is 3.28. The van der Waals surface area contributed by atoms with E-state index in [4.69, 9.17) is 4.98 Å². The first-order valence-corrected chi connectivity index (χ1v) is 10.4. The van der Waals surface area contributed by atoms with Gasteiger partial charge in [-0.15, -0.1) is 0 Å². The van der Waals surface area contributed by atoms with Crippen molar-refractivity contribution in [3.8, 4) is 0 Å². The predicted molar refractivity (Wildman–Crippen MR) is 112 cm³/mol. The first kappa shape index (κ1) is 19.2. The normalized spacial score (nSPS) is 21.0. The molecule has 150 valence electrons. The maximum Gasteiger partial charge on any atom is 0.137 e. The summed E-state index contributed by atoms with van der Waals surface area (Å²) in [6, 6.07) is 6.74. The van der Waals surface area contributed by atoms with Gasteiger partial charge < -0.3 is 9.30 Å². The van der Waals surface area contributed by atoms with Gasteiger partial charge in [-0.25, -0.2) is 4.98 Å². The van der Waals surface area contributed by atoms with E-state index in [0.29, 0.717) is 12.0 Å². The fraction of sp³-hybridized carbons (Fsp3) is 0.545. The average molecular weight is 381 g/mol. The van der Waals surface area contributed by atoms with E-state index in [0.717, 1.165) is 31.0 Å². The molecule has 0 aromatic carbocycles. The first-order chi connectivity index (χ1) is 13.5. The number of likely N-dealkylation sites (tertiary alicyclic amines) is 1. The molecular formula is C22H32N6. The Bertz CT molecular complexity index is 926. The summed E-state index contributed by atoms with van der Waals surface area (Å²) < 4.78 is 4.11. The zero-order valence-electron chi connectivity index (χ0n) is 17.5. The second-order valence-corrected chi connectivity index (χ2v) is 8.25. The number of nitrogens with zero attached hydrogens (tertiary/aromatic N) is 6. The van der Waals surface area contributed by atoms with Crippen molar-refractivity contribution in [2.24, 2.45) is 13.0 Å². The van der Waals surface area contributed by atoms with Crippen LogP contribution in [0.5, 0.6) is 0 Å². The molecule has 0 spiro atoms. The van der Waals surface area contributed by atoms with Gasteiger partial charge in [-0.1, -0.05) is 13.0 Å². The number of hydrogen-bond acceptors (Lipinski definition) is 4. The quantitative estimate of drug-likeness (QED) is 0.658. The maximum atomic E-state index is 4.82. The summed E-state index contributed by atoms with van der Waals surface area (Å²) in [4.78, 5) is 9.87. The summed E-state index contributed by atoms with van der Waals surface area (Å²) in [7, 11) is 4.23. The van der Waals surface area contributed by atoms with Crippen LogP contribution >= 0.6 is 0 Å². The molecule has 6 nitrogen and oxygen atoms in total. The van der Waals surface area contributed by atoms with E-state index >= 15 is 0 Å². The molecule has 4 heterocycles. The van der Waals surface area contributed by atoms with E-state index in [2.05, 4.69) is 77.0 Å². The Hall–Kier alpha value is -2.18. The highest BCUT2D eigenvalue weighted by Crippen LogP contribution is 2.36. The standard InChI is InChI=1S/C22H32N6/c1-5-27-11-7-9-18(22(27)19-12-23-26(4)14-19)13-25(3)15-20-16-28-17(2)8-6-10-21(28)24-20/h6,8,10,12,14,16,18,22H,5,7,9,11,13,15H2,1-4H3/t18-,22+/m0/s1. The van der Waals surface area contributed by atoms with Crippen molar-refractivity contribution in [3.05, 3.63) is 53.7 Å². The van der Waals surface area contributed by atoms with Gasteiger partial charge in [-0.05, 0) is 58.0 Å². The zero-order chi connectivity index (χ0) is 19.7. The van der Waals surface area contributed by atoms with Gasteiger partial charge >= 0.3 is 0 Å². The number of aromatic nitrogens is 4. The second kappa shape index (κ2) is 8.05. The molecule has 28 heavy (non-hydrogen) atoms. The minimum absolute atomic E-state index is 0.457. The van der Waals surface area contributed by atoms with E-state index in [1.807, 2.05) is 11.7 Å². The molecule has 0 N–H and O–H groups in total. The van der Waals surface area contributed by atoms with Crippen molar-refractivity contribution in [2.75, 3.05) is 26.7 Å². The van der Waals surface area contributed by atoms with Crippen molar-refractivity contribution in [1.29, 1.82) is 0 Å². The van der Waals surface area contributed by atoms with E-state index < -0.39 is 0 Å². The fourth-order valence-corrected chi connectivity index (χ4v) is 4.79. The molecule has 1 aliphatic rings. The Kier molecular flexibility index (Phi) is 5.51. The average Bonchev–Trinajstić information content (AvgIpc) is 3.28. The second-order valence-electron chi connectivity index (χ2n) is 8.25. The van der Waals surface area contributed by atoms with Crippen LogP contribution in [-0.4, -0.2) is 55.6 Å². The summed E-state index contributed by atoms with van der Waals surface area (Å²) in [6.07, 6.45) is 8.97. The highest BCUT2D eigenvalue weighted by molar-refractivity contribution is 5.41. The van der Waals surface area contributed by atoms with Crippen LogP contribution in [-0.2, 0) is 13.6 Å². The molecular weight excluding hydrogens is 348 g/mol. The molecule has 1 aliphatic heterocycles. The third-order valence-corrected chi connectivity index (χ3v) is 6.06. The Morgan fingerprint density at radius 2 is 2.11 bits per heavy atom. The first-order valence-electron chi connectivity index (χ1n) is 10.4. The van der Waals surface area contributed by atoms with E-state index in [1.54, 1.807) is 0 Å². The molecule has 1 fully saturated rings. The number of fused-ring (bicyclic) bond motifs is 1. The van der Waals surface area contributed by atoms with Crippen LogP contribution in [0.4, 0.5) is 0 Å². The Morgan fingerprint density at radius 1 is 1.25 bits per heavy atom. The number of piperidine rings is 1. The van der Waals surface area contributed by atoms with Crippen LogP contribution in [0.2, 0.25) is 0 Å². The molecule has 3 aromatic rings. The molecule has 0 radical (unpaired) electrons.